The van der Waals surface area contributed by atoms with Gasteiger partial charge in [-0.2, -0.15) is 0 Å². The van der Waals surface area contributed by atoms with Gasteiger partial charge in [0.1, 0.15) is 0 Å². The monoisotopic (exact) mass is 214 g/mol. The fourth-order valence-corrected chi connectivity index (χ4v) is 1.84. The molecule has 15 heavy (non-hydrogen) atoms. The van der Waals surface area contributed by atoms with Crippen molar-refractivity contribution in [2.45, 2.75) is 32.1 Å². The van der Waals surface area contributed by atoms with Gasteiger partial charge >= 0.3 is 5.97 Å². The van der Waals surface area contributed by atoms with Crippen LogP contribution in [-0.4, -0.2) is 30.1 Å². The van der Waals surface area contributed by atoms with E-state index >= 15 is 0 Å². The molecule has 5 nitrogen and oxygen atoms in total. The Morgan fingerprint density at radius 1 is 1.40 bits per heavy atom. The Morgan fingerprint density at radius 3 is 2.47 bits per heavy atom. The van der Waals surface area contributed by atoms with Crippen LogP contribution < -0.4 is 11.1 Å². The number of nitrogens with one attached hydrogen (secondary N) is 1. The predicted octanol–water partition coefficient (Wildman–Crippen LogP) is 0.0964. The Kier molecular flexibility index (Phi) is 4.08. The van der Waals surface area contributed by atoms with Crippen molar-refractivity contribution in [3.05, 3.63) is 0 Å². The van der Waals surface area contributed by atoms with Crippen LogP contribution in [0.5, 0.6) is 0 Å². The summed E-state index contributed by atoms with van der Waals surface area (Å²) in [7, 11) is 0. The molecule has 1 rings (SSSR count). The third kappa shape index (κ3) is 3.51. The minimum Gasteiger partial charge on any atom is -0.481 e. The highest BCUT2D eigenvalue weighted by Gasteiger charge is 2.37. The molecular formula is C10H18N2O3. The number of hydrogen-bond acceptors (Lipinski definition) is 3. The molecule has 0 aromatic heterocycles. The summed E-state index contributed by atoms with van der Waals surface area (Å²) >= 11 is 0. The molecule has 0 saturated heterocycles. The number of carbonyl (C=O) groups excluding carboxylic acids is 1. The molecule has 0 aliphatic heterocycles. The molecule has 0 unspecified atom stereocenters. The maximum absolute atomic E-state index is 11.4. The molecule has 0 spiro atoms. The molecule has 1 aliphatic carbocycles. The second kappa shape index (κ2) is 5.11. The Hall–Kier alpha value is -1.10. The van der Waals surface area contributed by atoms with E-state index in [-0.39, 0.29) is 24.3 Å². The van der Waals surface area contributed by atoms with Crippen molar-refractivity contribution >= 4 is 11.9 Å². The number of nitrogens with two attached hydrogens (primary N) is 1. The molecule has 1 aliphatic rings. The SMILES string of the molecule is NCC1(CC(=O)NCCC(=O)O)CCC1. The van der Waals surface area contributed by atoms with Crippen molar-refractivity contribution in [3.63, 3.8) is 0 Å². The van der Waals surface area contributed by atoms with Crippen LogP contribution in [0.25, 0.3) is 0 Å². The minimum absolute atomic E-state index is 0.00664. The fourth-order valence-electron chi connectivity index (χ4n) is 1.84. The predicted molar refractivity (Wildman–Crippen MR) is 55.2 cm³/mol. The van der Waals surface area contributed by atoms with Gasteiger partial charge in [0.25, 0.3) is 0 Å². The smallest absolute Gasteiger partial charge is 0.305 e. The third-order valence-electron chi connectivity index (χ3n) is 3.04. The van der Waals surface area contributed by atoms with Crippen LogP contribution in [0.15, 0.2) is 0 Å². The number of rotatable bonds is 6. The summed E-state index contributed by atoms with van der Waals surface area (Å²) in [6, 6.07) is 0. The highest BCUT2D eigenvalue weighted by Crippen LogP contribution is 2.42. The minimum atomic E-state index is -0.896. The van der Waals surface area contributed by atoms with Crippen LogP contribution >= 0.6 is 0 Å². The first-order valence-electron chi connectivity index (χ1n) is 5.26. The third-order valence-corrected chi connectivity index (χ3v) is 3.04. The zero-order valence-electron chi connectivity index (χ0n) is 8.79. The van der Waals surface area contributed by atoms with Gasteiger partial charge in [-0.1, -0.05) is 6.42 Å². The van der Waals surface area contributed by atoms with E-state index in [1.54, 1.807) is 0 Å². The van der Waals surface area contributed by atoms with E-state index in [1.807, 2.05) is 0 Å². The first kappa shape index (κ1) is 12.0. The highest BCUT2D eigenvalue weighted by molar-refractivity contribution is 5.77. The van der Waals surface area contributed by atoms with Crippen LogP contribution in [-0.2, 0) is 9.59 Å². The number of hydrogen-bond donors (Lipinski definition) is 3. The summed E-state index contributed by atoms with van der Waals surface area (Å²) < 4.78 is 0. The second-order valence-electron chi connectivity index (χ2n) is 4.23. The number of carbonyl (C=O) groups is 2. The van der Waals surface area contributed by atoms with E-state index in [0.717, 1.165) is 19.3 Å². The number of carboxylic acid groups (broad SMARTS) is 1. The van der Waals surface area contributed by atoms with E-state index in [1.165, 1.54) is 0 Å². The van der Waals surface area contributed by atoms with Crippen molar-refractivity contribution < 1.29 is 14.7 Å². The van der Waals surface area contributed by atoms with Gasteiger partial charge in [-0.3, -0.25) is 9.59 Å². The Balaban J connectivity index is 2.20. The first-order chi connectivity index (χ1) is 7.08. The molecule has 0 atom stereocenters. The molecular weight excluding hydrogens is 196 g/mol. The molecule has 4 N–H and O–H groups in total. The fraction of sp³-hybridized carbons (Fsp3) is 0.800. The Bertz CT molecular complexity index is 244. The maximum atomic E-state index is 11.4. The average Bonchev–Trinajstić information content (AvgIpc) is 2.11. The maximum Gasteiger partial charge on any atom is 0.305 e. The molecule has 0 radical (unpaired) electrons. The van der Waals surface area contributed by atoms with E-state index in [9.17, 15) is 9.59 Å². The average molecular weight is 214 g/mol. The highest BCUT2D eigenvalue weighted by atomic mass is 16.4. The molecule has 0 aromatic carbocycles. The molecule has 86 valence electrons. The van der Waals surface area contributed by atoms with Gasteiger partial charge in [-0.25, -0.2) is 0 Å². The summed E-state index contributed by atoms with van der Waals surface area (Å²) in [5, 5.41) is 11.0. The summed E-state index contributed by atoms with van der Waals surface area (Å²) in [4.78, 5) is 21.7. The van der Waals surface area contributed by atoms with Crippen molar-refractivity contribution in [3.8, 4) is 0 Å². The second-order valence-corrected chi connectivity index (χ2v) is 4.23. The lowest BCUT2D eigenvalue weighted by Gasteiger charge is -2.40. The quantitative estimate of drug-likeness (QED) is 0.584. The zero-order valence-corrected chi connectivity index (χ0v) is 8.79. The lowest BCUT2D eigenvalue weighted by atomic mass is 9.66. The molecule has 1 saturated carbocycles. The van der Waals surface area contributed by atoms with Crippen molar-refractivity contribution in [1.29, 1.82) is 0 Å². The van der Waals surface area contributed by atoms with Crippen LogP contribution in [0.2, 0.25) is 0 Å². The number of amides is 1. The molecule has 0 bridgehead atoms. The molecule has 5 heteroatoms. The first-order valence-corrected chi connectivity index (χ1v) is 5.26. The normalized spacial score (nSPS) is 17.9. The van der Waals surface area contributed by atoms with E-state index in [4.69, 9.17) is 10.8 Å². The number of carboxylic acids is 1. The largest absolute Gasteiger partial charge is 0.481 e. The van der Waals surface area contributed by atoms with Crippen LogP contribution in [0.1, 0.15) is 32.1 Å². The van der Waals surface area contributed by atoms with Crippen molar-refractivity contribution in [2.24, 2.45) is 11.1 Å². The van der Waals surface area contributed by atoms with Gasteiger partial charge < -0.3 is 16.2 Å². The summed E-state index contributed by atoms with van der Waals surface area (Å²) in [5.74, 6) is -0.978. The van der Waals surface area contributed by atoms with Crippen LogP contribution in [0, 0.1) is 5.41 Å². The molecule has 1 amide bonds. The lowest BCUT2D eigenvalue weighted by Crippen LogP contribution is -2.42. The lowest BCUT2D eigenvalue weighted by molar-refractivity contribution is -0.137. The summed E-state index contributed by atoms with van der Waals surface area (Å²) in [6.45, 7) is 0.744. The van der Waals surface area contributed by atoms with Gasteiger partial charge in [-0.15, -0.1) is 0 Å². The van der Waals surface area contributed by atoms with Crippen molar-refractivity contribution in [1.82, 2.24) is 5.32 Å². The summed E-state index contributed by atoms with van der Waals surface area (Å²) in [6.07, 6.45) is 3.57. The van der Waals surface area contributed by atoms with Gasteiger partial charge in [0.05, 0.1) is 6.42 Å². The zero-order chi connectivity index (χ0) is 11.3. The van der Waals surface area contributed by atoms with Crippen LogP contribution in [0.3, 0.4) is 0 Å². The van der Waals surface area contributed by atoms with E-state index < -0.39 is 5.97 Å². The molecule has 0 heterocycles. The van der Waals surface area contributed by atoms with Gasteiger partial charge in [0.2, 0.25) is 5.91 Å². The summed E-state index contributed by atoms with van der Waals surface area (Å²) in [5.41, 5.74) is 5.61. The van der Waals surface area contributed by atoms with Gasteiger partial charge in [-0.05, 0) is 24.8 Å². The topological polar surface area (TPSA) is 92.4 Å². The van der Waals surface area contributed by atoms with Gasteiger partial charge in [0, 0.05) is 13.0 Å². The standard InChI is InChI=1S/C10H18N2O3/c11-7-10(3-1-4-10)6-8(13)12-5-2-9(14)15/h1-7,11H2,(H,12,13)(H,14,15). The Labute approximate surface area is 89.0 Å². The van der Waals surface area contributed by atoms with E-state index in [0.29, 0.717) is 13.0 Å². The van der Waals surface area contributed by atoms with E-state index in [2.05, 4.69) is 5.32 Å². The van der Waals surface area contributed by atoms with Crippen molar-refractivity contribution in [2.75, 3.05) is 13.1 Å². The van der Waals surface area contributed by atoms with Crippen LogP contribution in [0.4, 0.5) is 0 Å². The molecule has 1 fully saturated rings. The Morgan fingerprint density at radius 2 is 2.07 bits per heavy atom. The van der Waals surface area contributed by atoms with Gasteiger partial charge in [0.15, 0.2) is 0 Å². The molecule has 0 aromatic rings. The number of aliphatic carboxylic acids is 1.